The van der Waals surface area contributed by atoms with E-state index < -0.39 is 0 Å². The van der Waals surface area contributed by atoms with E-state index >= 15 is 0 Å². The van der Waals surface area contributed by atoms with Gasteiger partial charge in [-0.1, -0.05) is 12.1 Å². The third-order valence-electron chi connectivity index (χ3n) is 3.31. The van der Waals surface area contributed by atoms with Crippen molar-refractivity contribution < 1.29 is 4.74 Å². The molecule has 0 amide bonds. The van der Waals surface area contributed by atoms with E-state index in [9.17, 15) is 0 Å². The van der Waals surface area contributed by atoms with Gasteiger partial charge in [0.05, 0.1) is 12.3 Å². The van der Waals surface area contributed by atoms with Gasteiger partial charge in [0.15, 0.2) is 0 Å². The molecular formula is C13H17NOS. The second-order valence-electron chi connectivity index (χ2n) is 4.51. The van der Waals surface area contributed by atoms with Gasteiger partial charge in [-0.3, -0.25) is 0 Å². The predicted molar refractivity (Wildman–Crippen MR) is 69.6 cm³/mol. The Bertz CT molecular complexity index is 374. The molecule has 0 saturated carbocycles. The first-order valence-electron chi connectivity index (χ1n) is 6.00. The number of anilines is 1. The molecule has 2 aliphatic rings. The van der Waals surface area contributed by atoms with Crippen molar-refractivity contribution in [2.75, 3.05) is 30.0 Å². The molecule has 2 heterocycles. The Morgan fingerprint density at radius 1 is 1.44 bits per heavy atom. The van der Waals surface area contributed by atoms with E-state index in [4.69, 9.17) is 4.74 Å². The molecule has 0 bridgehead atoms. The zero-order valence-electron chi connectivity index (χ0n) is 9.37. The third-order valence-corrected chi connectivity index (χ3v) is 4.54. The van der Waals surface area contributed by atoms with Gasteiger partial charge in [0.25, 0.3) is 0 Å². The lowest BCUT2D eigenvalue weighted by atomic mass is 10.1. The van der Waals surface area contributed by atoms with Gasteiger partial charge in [-0.25, -0.2) is 0 Å². The van der Waals surface area contributed by atoms with Gasteiger partial charge in [0.2, 0.25) is 0 Å². The van der Waals surface area contributed by atoms with Crippen LogP contribution in [0.1, 0.15) is 12.0 Å². The minimum Gasteiger partial charge on any atom is -0.491 e. The van der Waals surface area contributed by atoms with E-state index in [0.717, 1.165) is 31.2 Å². The maximum Gasteiger partial charge on any atom is 0.142 e. The standard InChI is InChI=1S/C13H17NOS/c1-2-11-4-6-14-13(11)12(3-1)15-8-10-5-7-16-9-10/h1-3,10,14H,4-9H2. The highest BCUT2D eigenvalue weighted by atomic mass is 32.2. The van der Waals surface area contributed by atoms with Gasteiger partial charge in [-0.05, 0) is 36.0 Å². The molecule has 2 aliphatic heterocycles. The molecule has 3 heteroatoms. The van der Waals surface area contributed by atoms with Crippen LogP contribution in [0.2, 0.25) is 0 Å². The Labute approximate surface area is 101 Å². The van der Waals surface area contributed by atoms with Gasteiger partial charge in [0, 0.05) is 12.5 Å². The average molecular weight is 235 g/mol. The number of hydrogen-bond donors (Lipinski definition) is 1. The Hall–Kier alpha value is -0.830. The van der Waals surface area contributed by atoms with E-state index in [1.807, 2.05) is 11.8 Å². The molecule has 1 fully saturated rings. The van der Waals surface area contributed by atoms with Crippen LogP contribution in [-0.2, 0) is 6.42 Å². The normalized spacial score (nSPS) is 22.9. The van der Waals surface area contributed by atoms with Crippen molar-refractivity contribution in [3.63, 3.8) is 0 Å². The van der Waals surface area contributed by atoms with Crippen LogP contribution in [0.25, 0.3) is 0 Å². The van der Waals surface area contributed by atoms with E-state index in [2.05, 4.69) is 23.5 Å². The summed E-state index contributed by atoms with van der Waals surface area (Å²) >= 11 is 2.05. The molecule has 16 heavy (non-hydrogen) atoms. The Morgan fingerprint density at radius 3 is 3.31 bits per heavy atom. The molecule has 1 aromatic rings. The lowest BCUT2D eigenvalue weighted by Gasteiger charge is -2.13. The molecule has 1 atom stereocenters. The lowest BCUT2D eigenvalue weighted by molar-refractivity contribution is 0.265. The first-order chi connectivity index (χ1) is 7.93. The summed E-state index contributed by atoms with van der Waals surface area (Å²) in [5.41, 5.74) is 2.63. The summed E-state index contributed by atoms with van der Waals surface area (Å²) in [4.78, 5) is 0. The maximum absolute atomic E-state index is 5.96. The first-order valence-corrected chi connectivity index (χ1v) is 7.15. The molecule has 1 aromatic carbocycles. The van der Waals surface area contributed by atoms with Gasteiger partial charge >= 0.3 is 0 Å². The van der Waals surface area contributed by atoms with Gasteiger partial charge in [0.1, 0.15) is 5.75 Å². The Morgan fingerprint density at radius 2 is 2.44 bits per heavy atom. The summed E-state index contributed by atoms with van der Waals surface area (Å²) in [6.07, 6.45) is 2.44. The molecule has 1 N–H and O–H groups in total. The minimum absolute atomic E-state index is 0.752. The van der Waals surface area contributed by atoms with Crippen LogP contribution in [0, 0.1) is 5.92 Å². The van der Waals surface area contributed by atoms with Crippen molar-refractivity contribution in [3.8, 4) is 5.75 Å². The Kier molecular flexibility index (Phi) is 2.96. The molecule has 3 rings (SSSR count). The highest BCUT2D eigenvalue weighted by Crippen LogP contribution is 2.33. The van der Waals surface area contributed by atoms with Gasteiger partial charge in [-0.15, -0.1) is 0 Å². The fraction of sp³-hybridized carbons (Fsp3) is 0.538. The van der Waals surface area contributed by atoms with E-state index in [-0.39, 0.29) is 0 Å². The molecule has 0 aromatic heterocycles. The number of ether oxygens (including phenoxy) is 1. The van der Waals surface area contributed by atoms with Crippen LogP contribution in [0.15, 0.2) is 18.2 Å². The number of para-hydroxylation sites is 1. The first kappa shape index (κ1) is 10.3. The molecule has 1 unspecified atom stereocenters. The summed E-state index contributed by atoms with van der Waals surface area (Å²) in [6.45, 7) is 1.93. The third kappa shape index (κ3) is 2.01. The highest BCUT2D eigenvalue weighted by Gasteiger charge is 2.18. The minimum atomic E-state index is 0.752. The van der Waals surface area contributed by atoms with Crippen molar-refractivity contribution in [1.29, 1.82) is 0 Å². The summed E-state index contributed by atoms with van der Waals surface area (Å²) < 4.78 is 5.96. The maximum atomic E-state index is 5.96. The van der Waals surface area contributed by atoms with Crippen molar-refractivity contribution >= 4 is 17.4 Å². The molecular weight excluding hydrogens is 218 g/mol. The van der Waals surface area contributed by atoms with Crippen LogP contribution in [-0.4, -0.2) is 24.7 Å². The summed E-state index contributed by atoms with van der Waals surface area (Å²) in [5, 5.41) is 3.41. The predicted octanol–water partition coefficient (Wildman–Crippen LogP) is 2.79. The van der Waals surface area contributed by atoms with E-state index in [1.165, 1.54) is 29.2 Å². The molecule has 1 saturated heterocycles. The largest absolute Gasteiger partial charge is 0.491 e. The molecule has 86 valence electrons. The number of nitrogens with one attached hydrogen (secondary N) is 1. The number of thioether (sulfide) groups is 1. The number of hydrogen-bond acceptors (Lipinski definition) is 3. The van der Waals surface area contributed by atoms with Crippen molar-refractivity contribution in [2.24, 2.45) is 5.92 Å². The number of benzene rings is 1. The summed E-state index contributed by atoms with van der Waals surface area (Å²) in [6, 6.07) is 6.37. The quantitative estimate of drug-likeness (QED) is 0.870. The lowest BCUT2D eigenvalue weighted by Crippen LogP contribution is -2.11. The highest BCUT2D eigenvalue weighted by molar-refractivity contribution is 7.99. The smallest absolute Gasteiger partial charge is 0.142 e. The van der Waals surface area contributed by atoms with E-state index in [1.54, 1.807) is 0 Å². The fourth-order valence-corrected chi connectivity index (χ4v) is 3.61. The number of rotatable bonds is 3. The van der Waals surface area contributed by atoms with Crippen molar-refractivity contribution in [2.45, 2.75) is 12.8 Å². The second-order valence-corrected chi connectivity index (χ2v) is 5.66. The fourth-order valence-electron chi connectivity index (χ4n) is 2.35. The molecule has 2 nitrogen and oxygen atoms in total. The zero-order valence-corrected chi connectivity index (χ0v) is 10.2. The molecule has 0 radical (unpaired) electrons. The molecule has 0 spiro atoms. The van der Waals surface area contributed by atoms with Crippen LogP contribution in [0.4, 0.5) is 5.69 Å². The van der Waals surface area contributed by atoms with Crippen molar-refractivity contribution in [3.05, 3.63) is 23.8 Å². The molecule has 0 aliphatic carbocycles. The van der Waals surface area contributed by atoms with Crippen molar-refractivity contribution in [1.82, 2.24) is 0 Å². The van der Waals surface area contributed by atoms with Crippen LogP contribution < -0.4 is 10.1 Å². The Balaban J connectivity index is 1.67. The summed E-state index contributed by atoms with van der Waals surface area (Å²) in [5.74, 6) is 4.37. The van der Waals surface area contributed by atoms with Gasteiger partial charge < -0.3 is 10.1 Å². The zero-order chi connectivity index (χ0) is 10.8. The SMILES string of the molecule is c1cc2c(c(OCC3CCSC3)c1)NCC2. The van der Waals surface area contributed by atoms with Crippen LogP contribution in [0.3, 0.4) is 0 Å². The monoisotopic (exact) mass is 235 g/mol. The van der Waals surface area contributed by atoms with E-state index in [0.29, 0.717) is 0 Å². The topological polar surface area (TPSA) is 21.3 Å². The second kappa shape index (κ2) is 4.58. The average Bonchev–Trinajstić information content (AvgIpc) is 2.97. The number of fused-ring (bicyclic) bond motifs is 1. The summed E-state index contributed by atoms with van der Waals surface area (Å²) in [7, 11) is 0. The van der Waals surface area contributed by atoms with Crippen LogP contribution >= 0.6 is 11.8 Å². The van der Waals surface area contributed by atoms with Gasteiger partial charge in [-0.2, -0.15) is 11.8 Å². The van der Waals surface area contributed by atoms with Crippen LogP contribution in [0.5, 0.6) is 5.75 Å².